The van der Waals surface area contributed by atoms with E-state index < -0.39 is 6.04 Å². The number of hydrogen-bond acceptors (Lipinski definition) is 5. The Labute approximate surface area is 122 Å². The highest BCUT2D eigenvalue weighted by molar-refractivity contribution is 7.09. The van der Waals surface area contributed by atoms with E-state index in [2.05, 4.69) is 10.3 Å². The lowest BCUT2D eigenvalue weighted by Crippen LogP contribution is -2.45. The van der Waals surface area contributed by atoms with Crippen LogP contribution in [0.25, 0.3) is 0 Å². The van der Waals surface area contributed by atoms with Gasteiger partial charge in [-0.05, 0) is 13.3 Å². The lowest BCUT2D eigenvalue weighted by Gasteiger charge is -2.25. The Bertz CT molecular complexity index is 489. The summed E-state index contributed by atoms with van der Waals surface area (Å²) >= 11 is 1.54. The van der Waals surface area contributed by atoms with E-state index in [0.717, 1.165) is 10.6 Å². The lowest BCUT2D eigenvalue weighted by molar-refractivity contribution is -0.135. The molecule has 1 saturated heterocycles. The first-order chi connectivity index (χ1) is 9.61. The van der Waals surface area contributed by atoms with Crippen LogP contribution in [0.3, 0.4) is 0 Å². The predicted octanol–water partition coefficient (Wildman–Crippen LogP) is 0.705. The van der Waals surface area contributed by atoms with E-state index in [0.29, 0.717) is 32.5 Å². The molecular formula is C13H19N3O3S. The van der Waals surface area contributed by atoms with E-state index in [9.17, 15) is 9.59 Å². The zero-order valence-electron chi connectivity index (χ0n) is 11.7. The summed E-state index contributed by atoms with van der Waals surface area (Å²) in [6.45, 7) is 3.44. The maximum Gasteiger partial charge on any atom is 0.245 e. The van der Waals surface area contributed by atoms with Crippen LogP contribution in [0.5, 0.6) is 0 Å². The average molecular weight is 297 g/mol. The van der Waals surface area contributed by atoms with E-state index in [1.165, 1.54) is 11.3 Å². The molecule has 0 saturated carbocycles. The van der Waals surface area contributed by atoms with Crippen LogP contribution >= 0.6 is 11.3 Å². The quantitative estimate of drug-likeness (QED) is 0.839. The molecule has 0 aromatic carbocycles. The second-order valence-corrected chi connectivity index (χ2v) is 5.71. The van der Waals surface area contributed by atoms with Crippen molar-refractivity contribution in [2.45, 2.75) is 32.4 Å². The Hall–Kier alpha value is -1.47. The van der Waals surface area contributed by atoms with Crippen molar-refractivity contribution in [3.05, 3.63) is 16.1 Å². The van der Waals surface area contributed by atoms with E-state index in [1.807, 2.05) is 6.92 Å². The second kappa shape index (κ2) is 6.81. The first-order valence-electron chi connectivity index (χ1n) is 6.58. The Morgan fingerprint density at radius 1 is 1.65 bits per heavy atom. The number of hydrogen-bond donors (Lipinski definition) is 1. The number of nitrogens with one attached hydrogen (secondary N) is 1. The van der Waals surface area contributed by atoms with Gasteiger partial charge < -0.3 is 15.0 Å². The van der Waals surface area contributed by atoms with Crippen molar-refractivity contribution >= 4 is 23.2 Å². The molecule has 2 amide bonds. The summed E-state index contributed by atoms with van der Waals surface area (Å²) in [4.78, 5) is 30.7. The summed E-state index contributed by atoms with van der Waals surface area (Å²) in [6.07, 6.45) is 0.997. The molecule has 1 aromatic heterocycles. The molecule has 7 heteroatoms. The molecule has 1 fully saturated rings. The lowest BCUT2D eigenvalue weighted by atomic mass is 10.2. The van der Waals surface area contributed by atoms with Crippen molar-refractivity contribution in [3.63, 3.8) is 0 Å². The number of aromatic nitrogens is 1. The van der Waals surface area contributed by atoms with Gasteiger partial charge >= 0.3 is 0 Å². The maximum absolute atomic E-state index is 12.5. The number of carbonyl (C=O) groups is 2. The first-order valence-corrected chi connectivity index (χ1v) is 7.46. The monoisotopic (exact) mass is 297 g/mol. The average Bonchev–Trinajstić information content (AvgIpc) is 3.03. The molecule has 0 unspecified atom stereocenters. The van der Waals surface area contributed by atoms with Gasteiger partial charge in [0.1, 0.15) is 6.04 Å². The molecular weight excluding hydrogens is 278 g/mol. The minimum atomic E-state index is -0.396. The summed E-state index contributed by atoms with van der Waals surface area (Å²) in [5, 5.41) is 2.72. The van der Waals surface area contributed by atoms with E-state index in [-0.39, 0.29) is 11.8 Å². The molecule has 1 aliphatic heterocycles. The fourth-order valence-corrected chi connectivity index (χ4v) is 2.93. The van der Waals surface area contributed by atoms with Gasteiger partial charge in [-0.15, -0.1) is 11.3 Å². The predicted molar refractivity (Wildman–Crippen MR) is 75.3 cm³/mol. The van der Waals surface area contributed by atoms with Crippen LogP contribution in [0.4, 0.5) is 0 Å². The fraction of sp³-hybridized carbons (Fsp3) is 0.615. The van der Waals surface area contributed by atoms with Crippen molar-refractivity contribution in [1.29, 1.82) is 0 Å². The zero-order valence-corrected chi connectivity index (χ0v) is 12.5. The van der Waals surface area contributed by atoms with Crippen LogP contribution in [0.2, 0.25) is 0 Å². The molecule has 20 heavy (non-hydrogen) atoms. The normalized spacial score (nSPS) is 18.1. The third-order valence-electron chi connectivity index (χ3n) is 3.35. The molecule has 110 valence electrons. The SMILES string of the molecule is COCCN(Cc1scnc1C)C(=O)[C@H]1CCC(=O)N1. The number of methoxy groups -OCH3 is 1. The number of rotatable bonds is 6. The summed E-state index contributed by atoms with van der Waals surface area (Å²) in [5.74, 6) is -0.0929. The summed E-state index contributed by atoms with van der Waals surface area (Å²) in [5.41, 5.74) is 2.72. The van der Waals surface area contributed by atoms with Gasteiger partial charge in [0.05, 0.1) is 24.4 Å². The molecule has 1 N–H and O–H groups in total. The molecule has 0 aliphatic carbocycles. The summed E-state index contributed by atoms with van der Waals surface area (Å²) in [7, 11) is 1.61. The molecule has 1 aliphatic rings. The molecule has 1 aromatic rings. The highest BCUT2D eigenvalue weighted by atomic mass is 32.1. The number of carbonyl (C=O) groups excluding carboxylic acids is 2. The zero-order chi connectivity index (χ0) is 14.5. The van der Waals surface area contributed by atoms with Gasteiger partial charge in [-0.1, -0.05) is 0 Å². The van der Waals surface area contributed by atoms with Crippen LogP contribution in [0.1, 0.15) is 23.4 Å². The number of nitrogens with zero attached hydrogens (tertiary/aromatic N) is 2. The molecule has 2 rings (SSSR count). The highest BCUT2D eigenvalue weighted by Gasteiger charge is 2.31. The Balaban J connectivity index is 2.04. The topological polar surface area (TPSA) is 71.5 Å². The van der Waals surface area contributed by atoms with Gasteiger partial charge in [-0.25, -0.2) is 4.98 Å². The molecule has 1 atom stereocenters. The number of amides is 2. The van der Waals surface area contributed by atoms with Gasteiger partial charge in [0.25, 0.3) is 0 Å². The van der Waals surface area contributed by atoms with Crippen molar-refractivity contribution in [2.75, 3.05) is 20.3 Å². The minimum Gasteiger partial charge on any atom is -0.383 e. The highest BCUT2D eigenvalue weighted by Crippen LogP contribution is 2.17. The molecule has 2 heterocycles. The standard InChI is InChI=1S/C13H19N3O3S/c1-9-11(20-8-14-9)7-16(5-6-19-2)13(18)10-3-4-12(17)15-10/h8,10H,3-7H2,1-2H3,(H,15,17)/t10-/m1/s1. The van der Waals surface area contributed by atoms with Crippen molar-refractivity contribution in [3.8, 4) is 0 Å². The Kier molecular flexibility index (Phi) is 5.08. The van der Waals surface area contributed by atoms with Crippen molar-refractivity contribution in [2.24, 2.45) is 0 Å². The summed E-state index contributed by atoms with van der Waals surface area (Å²) in [6, 6.07) is -0.396. The van der Waals surface area contributed by atoms with Crippen LogP contribution < -0.4 is 5.32 Å². The molecule has 0 bridgehead atoms. The number of ether oxygens (including phenoxy) is 1. The van der Waals surface area contributed by atoms with Crippen LogP contribution in [0.15, 0.2) is 5.51 Å². The molecule has 0 radical (unpaired) electrons. The second-order valence-electron chi connectivity index (χ2n) is 4.77. The fourth-order valence-electron chi connectivity index (χ4n) is 2.14. The maximum atomic E-state index is 12.5. The van der Waals surface area contributed by atoms with Crippen LogP contribution in [0, 0.1) is 6.92 Å². The number of aryl methyl sites for hydroxylation is 1. The minimum absolute atomic E-state index is 0.0410. The Morgan fingerprint density at radius 3 is 3.00 bits per heavy atom. The van der Waals surface area contributed by atoms with Crippen molar-refractivity contribution < 1.29 is 14.3 Å². The third kappa shape index (κ3) is 3.55. The van der Waals surface area contributed by atoms with Crippen molar-refractivity contribution in [1.82, 2.24) is 15.2 Å². The van der Waals surface area contributed by atoms with Crippen LogP contribution in [-0.2, 0) is 20.9 Å². The first kappa shape index (κ1) is 14.9. The van der Waals surface area contributed by atoms with E-state index in [1.54, 1.807) is 17.5 Å². The third-order valence-corrected chi connectivity index (χ3v) is 4.27. The Morgan fingerprint density at radius 2 is 2.45 bits per heavy atom. The number of thiazole rings is 1. The smallest absolute Gasteiger partial charge is 0.245 e. The molecule has 0 spiro atoms. The van der Waals surface area contributed by atoms with E-state index in [4.69, 9.17) is 4.74 Å². The van der Waals surface area contributed by atoms with Gasteiger partial charge in [-0.3, -0.25) is 9.59 Å². The molecule has 6 nitrogen and oxygen atoms in total. The van der Waals surface area contributed by atoms with Gasteiger partial charge in [0.2, 0.25) is 11.8 Å². The van der Waals surface area contributed by atoms with Gasteiger partial charge in [0.15, 0.2) is 0 Å². The summed E-state index contributed by atoms with van der Waals surface area (Å²) < 4.78 is 5.06. The van der Waals surface area contributed by atoms with Crippen LogP contribution in [-0.4, -0.2) is 48.0 Å². The van der Waals surface area contributed by atoms with Gasteiger partial charge in [-0.2, -0.15) is 0 Å². The van der Waals surface area contributed by atoms with E-state index >= 15 is 0 Å². The van der Waals surface area contributed by atoms with Gasteiger partial charge in [0, 0.05) is 25.0 Å². The largest absolute Gasteiger partial charge is 0.383 e.